The van der Waals surface area contributed by atoms with Gasteiger partial charge in [-0.2, -0.15) is 5.10 Å². The molecule has 1 atom stereocenters. The average molecular weight is 342 g/mol. The first-order chi connectivity index (χ1) is 12.2. The zero-order valence-corrected chi connectivity index (χ0v) is 14.7. The van der Waals surface area contributed by atoms with E-state index in [0.717, 1.165) is 43.7 Å². The van der Waals surface area contributed by atoms with Crippen LogP contribution in [0, 0.1) is 0 Å². The van der Waals surface area contributed by atoms with Crippen molar-refractivity contribution in [3.05, 3.63) is 47.8 Å². The number of carbonyl (C=O) groups excluding carboxylic acids is 1. The Morgan fingerprint density at radius 1 is 1.44 bits per heavy atom. The molecule has 1 aromatic carbocycles. The zero-order chi connectivity index (χ0) is 17.5. The Morgan fingerprint density at radius 3 is 3.16 bits per heavy atom. The molecule has 2 N–H and O–H groups in total. The quantitative estimate of drug-likeness (QED) is 0.807. The molecule has 134 valence electrons. The van der Waals surface area contributed by atoms with E-state index in [-0.39, 0.29) is 5.91 Å². The van der Waals surface area contributed by atoms with Crippen LogP contribution in [0.4, 0.5) is 0 Å². The van der Waals surface area contributed by atoms with Gasteiger partial charge in [0.05, 0.1) is 13.7 Å². The van der Waals surface area contributed by atoms with E-state index in [9.17, 15) is 4.79 Å². The van der Waals surface area contributed by atoms with Crippen molar-refractivity contribution in [2.24, 2.45) is 0 Å². The molecular weight excluding hydrogens is 316 g/mol. The number of carbonyl (C=O) groups is 1. The summed E-state index contributed by atoms with van der Waals surface area (Å²) in [5.74, 6) is 1.39. The molecular formula is C19H26N4O2. The van der Waals surface area contributed by atoms with Crippen molar-refractivity contribution in [2.45, 2.75) is 25.2 Å². The second-order valence-electron chi connectivity index (χ2n) is 6.54. The maximum atomic E-state index is 12.2. The molecule has 25 heavy (non-hydrogen) atoms. The van der Waals surface area contributed by atoms with Crippen LogP contribution in [0.5, 0.6) is 5.75 Å². The number of rotatable bonds is 7. The molecule has 6 heteroatoms. The number of aromatic amines is 1. The van der Waals surface area contributed by atoms with E-state index in [4.69, 9.17) is 4.74 Å². The number of ether oxygens (including phenoxy) is 1. The van der Waals surface area contributed by atoms with Gasteiger partial charge in [0.1, 0.15) is 5.75 Å². The molecule has 0 bridgehead atoms. The third-order valence-electron chi connectivity index (χ3n) is 4.70. The van der Waals surface area contributed by atoms with Gasteiger partial charge in [0.15, 0.2) is 0 Å². The highest BCUT2D eigenvalue weighted by Crippen LogP contribution is 2.24. The number of hydrogen-bond donors (Lipinski definition) is 2. The third kappa shape index (κ3) is 5.06. The van der Waals surface area contributed by atoms with Crippen molar-refractivity contribution in [1.29, 1.82) is 0 Å². The molecule has 1 aromatic heterocycles. The number of hydrogen-bond acceptors (Lipinski definition) is 4. The number of nitrogens with one attached hydrogen (secondary N) is 2. The molecule has 1 aliphatic heterocycles. The van der Waals surface area contributed by atoms with Crippen molar-refractivity contribution in [3.63, 3.8) is 0 Å². The summed E-state index contributed by atoms with van der Waals surface area (Å²) < 4.78 is 5.22. The Morgan fingerprint density at radius 2 is 2.36 bits per heavy atom. The summed E-state index contributed by atoms with van der Waals surface area (Å²) in [4.78, 5) is 14.5. The largest absolute Gasteiger partial charge is 0.497 e. The monoisotopic (exact) mass is 342 g/mol. The smallest absolute Gasteiger partial charge is 0.234 e. The van der Waals surface area contributed by atoms with Gasteiger partial charge in [0, 0.05) is 30.9 Å². The van der Waals surface area contributed by atoms with Crippen molar-refractivity contribution >= 4 is 5.91 Å². The Kier molecular flexibility index (Phi) is 6.06. The van der Waals surface area contributed by atoms with Crippen LogP contribution in [-0.4, -0.2) is 54.3 Å². The van der Waals surface area contributed by atoms with Gasteiger partial charge in [-0.05, 0) is 49.6 Å². The minimum Gasteiger partial charge on any atom is -0.497 e. The summed E-state index contributed by atoms with van der Waals surface area (Å²) in [5, 5.41) is 10.1. The maximum absolute atomic E-state index is 12.2. The minimum absolute atomic E-state index is 0.0909. The highest BCUT2D eigenvalue weighted by atomic mass is 16.5. The summed E-state index contributed by atoms with van der Waals surface area (Å²) in [5.41, 5.74) is 2.33. The first-order valence-electron chi connectivity index (χ1n) is 8.86. The lowest BCUT2D eigenvalue weighted by Gasteiger charge is -2.31. The van der Waals surface area contributed by atoms with Crippen LogP contribution in [0.25, 0.3) is 0 Å². The van der Waals surface area contributed by atoms with Crippen LogP contribution in [0.3, 0.4) is 0 Å². The Hall–Kier alpha value is -2.34. The lowest BCUT2D eigenvalue weighted by molar-refractivity contribution is -0.122. The lowest BCUT2D eigenvalue weighted by atomic mass is 9.95. The van der Waals surface area contributed by atoms with E-state index >= 15 is 0 Å². The summed E-state index contributed by atoms with van der Waals surface area (Å²) in [7, 11) is 1.66. The van der Waals surface area contributed by atoms with Crippen LogP contribution in [-0.2, 0) is 11.2 Å². The predicted molar refractivity (Wildman–Crippen MR) is 96.7 cm³/mol. The number of nitrogens with zero attached hydrogens (tertiary/aromatic N) is 2. The van der Waals surface area contributed by atoms with Crippen molar-refractivity contribution in [3.8, 4) is 5.75 Å². The van der Waals surface area contributed by atoms with Crippen LogP contribution >= 0.6 is 0 Å². The van der Waals surface area contributed by atoms with E-state index < -0.39 is 0 Å². The molecule has 0 radical (unpaired) electrons. The number of methoxy groups -OCH3 is 1. The predicted octanol–water partition coefficient (Wildman–Crippen LogP) is 1.96. The number of benzene rings is 1. The summed E-state index contributed by atoms with van der Waals surface area (Å²) in [6.45, 7) is 2.99. The third-order valence-corrected chi connectivity index (χ3v) is 4.70. The molecule has 0 spiro atoms. The fourth-order valence-corrected chi connectivity index (χ4v) is 3.38. The van der Waals surface area contributed by atoms with E-state index in [1.165, 1.54) is 5.69 Å². The van der Waals surface area contributed by atoms with Gasteiger partial charge in [-0.15, -0.1) is 0 Å². The first-order valence-corrected chi connectivity index (χ1v) is 8.86. The molecule has 1 amide bonds. The van der Waals surface area contributed by atoms with Crippen LogP contribution in [0.2, 0.25) is 0 Å². The highest BCUT2D eigenvalue weighted by molar-refractivity contribution is 5.78. The molecule has 0 saturated carbocycles. The number of H-pyrrole nitrogens is 1. The standard InChI is InChI=1S/C19H26N4O2/c1-25-17-6-2-4-15(12-17)7-9-20-19(24)14-23-11-3-5-16(13-23)18-8-10-21-22-18/h2,4,6,8,10,12,16H,3,5,7,9,11,13-14H2,1H3,(H,20,24)(H,21,22). The van der Waals surface area contributed by atoms with Gasteiger partial charge in [0.25, 0.3) is 0 Å². The van der Waals surface area contributed by atoms with Crippen molar-refractivity contribution in [1.82, 2.24) is 20.4 Å². The molecule has 1 unspecified atom stereocenters. The molecule has 0 aliphatic carbocycles. The maximum Gasteiger partial charge on any atom is 0.234 e. The Labute approximate surface area is 148 Å². The topological polar surface area (TPSA) is 70.2 Å². The highest BCUT2D eigenvalue weighted by Gasteiger charge is 2.23. The Balaban J connectivity index is 1.41. The van der Waals surface area contributed by atoms with Crippen LogP contribution < -0.4 is 10.1 Å². The molecule has 3 rings (SSSR count). The number of likely N-dealkylation sites (tertiary alicyclic amines) is 1. The van der Waals surface area contributed by atoms with Crippen LogP contribution in [0.15, 0.2) is 36.5 Å². The SMILES string of the molecule is COc1cccc(CCNC(=O)CN2CCCC(c3ccn[nH]3)C2)c1. The van der Waals surface area contributed by atoms with Crippen LogP contribution in [0.1, 0.15) is 30.0 Å². The van der Waals surface area contributed by atoms with E-state index in [1.807, 2.05) is 30.3 Å². The fourth-order valence-electron chi connectivity index (χ4n) is 3.38. The van der Waals surface area contributed by atoms with Gasteiger partial charge in [-0.3, -0.25) is 14.8 Å². The number of aromatic nitrogens is 2. The molecule has 2 aromatic rings. The van der Waals surface area contributed by atoms with Gasteiger partial charge in [-0.1, -0.05) is 12.1 Å². The Bertz CT molecular complexity index is 672. The van der Waals surface area contributed by atoms with E-state index in [2.05, 4.69) is 20.4 Å². The van der Waals surface area contributed by atoms with Gasteiger partial charge < -0.3 is 10.1 Å². The van der Waals surface area contributed by atoms with Crippen molar-refractivity contribution in [2.75, 3.05) is 33.3 Å². The molecule has 2 heterocycles. The summed E-state index contributed by atoms with van der Waals surface area (Å²) in [6, 6.07) is 9.98. The fraction of sp³-hybridized carbons (Fsp3) is 0.474. The summed E-state index contributed by atoms with van der Waals surface area (Å²) >= 11 is 0. The van der Waals surface area contributed by atoms with Gasteiger partial charge in [0.2, 0.25) is 5.91 Å². The second kappa shape index (κ2) is 8.67. The molecule has 1 aliphatic rings. The normalized spacial score (nSPS) is 18.0. The van der Waals surface area contributed by atoms with Gasteiger partial charge in [-0.25, -0.2) is 0 Å². The molecule has 6 nitrogen and oxygen atoms in total. The first kappa shape index (κ1) is 17.5. The van der Waals surface area contributed by atoms with Crippen molar-refractivity contribution < 1.29 is 9.53 Å². The summed E-state index contributed by atoms with van der Waals surface area (Å²) in [6.07, 6.45) is 4.86. The number of piperidine rings is 1. The lowest BCUT2D eigenvalue weighted by Crippen LogP contribution is -2.42. The zero-order valence-electron chi connectivity index (χ0n) is 14.7. The molecule has 1 fully saturated rings. The molecule has 1 saturated heterocycles. The average Bonchev–Trinajstić information content (AvgIpc) is 3.17. The number of amides is 1. The van der Waals surface area contributed by atoms with E-state index in [0.29, 0.717) is 19.0 Å². The minimum atomic E-state index is 0.0909. The van der Waals surface area contributed by atoms with E-state index in [1.54, 1.807) is 13.3 Å². The van der Waals surface area contributed by atoms with Gasteiger partial charge >= 0.3 is 0 Å². The second-order valence-corrected chi connectivity index (χ2v) is 6.54.